The van der Waals surface area contributed by atoms with Gasteiger partial charge in [0.05, 0.1) is 6.10 Å². The first-order valence-corrected chi connectivity index (χ1v) is 15.6. The molecule has 0 aliphatic heterocycles. The van der Waals surface area contributed by atoms with Gasteiger partial charge in [-0.3, -0.25) is 9.59 Å². The summed E-state index contributed by atoms with van der Waals surface area (Å²) in [5, 5.41) is 21.2. The quantitative estimate of drug-likeness (QED) is 0.200. The van der Waals surface area contributed by atoms with Gasteiger partial charge < -0.3 is 19.7 Å². The van der Waals surface area contributed by atoms with Gasteiger partial charge in [-0.2, -0.15) is 0 Å². The molecule has 2 N–H and O–H groups in total. The van der Waals surface area contributed by atoms with Crippen LogP contribution in [0.1, 0.15) is 114 Å². The second-order valence-corrected chi connectivity index (χ2v) is 14.9. The lowest BCUT2D eigenvalue weighted by Crippen LogP contribution is -2.60. The fourth-order valence-electron chi connectivity index (χ4n) is 10.1. The molecule has 0 aromatic rings. The highest BCUT2D eigenvalue weighted by Gasteiger charge is 2.68. The fraction of sp³-hybridized carbons (Fsp3) is 0.794. The number of fused-ring (bicyclic) bond motifs is 4. The highest BCUT2D eigenvalue weighted by molar-refractivity contribution is 5.85. The average Bonchev–Trinajstić information content (AvgIpc) is 3.07. The minimum atomic E-state index is -0.883. The first kappa shape index (κ1) is 31.8. The summed E-state index contributed by atoms with van der Waals surface area (Å²) in [6.07, 6.45) is 7.03. The van der Waals surface area contributed by atoms with Crippen LogP contribution < -0.4 is 0 Å². The molecule has 0 heterocycles. The zero-order valence-electron chi connectivity index (χ0n) is 26.6. The SMILES string of the molecule is CC(=O)O[C@H]1CC[C@]2(C)C3=C([C@H](OC(C)=O)C[C@H]2C1(C)C)[C@]1(C)[C@@H](O)C[C@H]([C@@H](C)CC/C=C(\C)C(=O)O)[C@@]1(C)CC3. The van der Waals surface area contributed by atoms with E-state index in [-0.39, 0.29) is 46.1 Å². The molecule has 4 aliphatic rings. The largest absolute Gasteiger partial charge is 0.478 e. The summed E-state index contributed by atoms with van der Waals surface area (Å²) in [4.78, 5) is 35.8. The van der Waals surface area contributed by atoms with E-state index in [9.17, 15) is 24.6 Å². The molecule has 0 bridgehead atoms. The van der Waals surface area contributed by atoms with E-state index in [1.807, 2.05) is 0 Å². The van der Waals surface area contributed by atoms with E-state index in [0.717, 1.165) is 37.7 Å². The number of carboxylic acid groups (broad SMARTS) is 1. The molecule has 0 radical (unpaired) electrons. The van der Waals surface area contributed by atoms with Gasteiger partial charge in [-0.05, 0) is 92.4 Å². The zero-order valence-corrected chi connectivity index (χ0v) is 26.6. The summed E-state index contributed by atoms with van der Waals surface area (Å²) < 4.78 is 12.0. The summed E-state index contributed by atoms with van der Waals surface area (Å²) in [5.74, 6) is -0.747. The van der Waals surface area contributed by atoms with Gasteiger partial charge in [-0.25, -0.2) is 4.79 Å². The van der Waals surface area contributed by atoms with Crippen LogP contribution in [0.5, 0.6) is 0 Å². The molecule has 4 rings (SSSR count). The summed E-state index contributed by atoms with van der Waals surface area (Å²) >= 11 is 0. The van der Waals surface area contributed by atoms with Gasteiger partial charge in [0.25, 0.3) is 0 Å². The molecular formula is C34H52O7. The zero-order chi connectivity index (χ0) is 30.7. The maximum absolute atomic E-state index is 12.5. The van der Waals surface area contributed by atoms with E-state index in [1.165, 1.54) is 19.4 Å². The number of hydrogen-bond acceptors (Lipinski definition) is 6. The maximum Gasteiger partial charge on any atom is 0.330 e. The Morgan fingerprint density at radius 2 is 1.63 bits per heavy atom. The minimum Gasteiger partial charge on any atom is -0.478 e. The Morgan fingerprint density at radius 3 is 2.22 bits per heavy atom. The van der Waals surface area contributed by atoms with Crippen LogP contribution in [0.2, 0.25) is 0 Å². The normalized spacial score (nSPS) is 40.6. The van der Waals surface area contributed by atoms with Gasteiger partial charge in [-0.15, -0.1) is 0 Å². The van der Waals surface area contributed by atoms with Crippen LogP contribution in [0, 0.1) is 39.4 Å². The Hall–Kier alpha value is -2.15. The molecule has 230 valence electrons. The van der Waals surface area contributed by atoms with Gasteiger partial charge in [0.1, 0.15) is 12.2 Å². The van der Waals surface area contributed by atoms with E-state index in [0.29, 0.717) is 30.8 Å². The number of aliphatic hydroxyl groups excluding tert-OH is 1. The van der Waals surface area contributed by atoms with Crippen molar-refractivity contribution in [2.75, 3.05) is 0 Å². The molecule has 0 aromatic carbocycles. The smallest absolute Gasteiger partial charge is 0.330 e. The van der Waals surface area contributed by atoms with Gasteiger partial charge in [0.2, 0.25) is 0 Å². The number of esters is 2. The third-order valence-electron chi connectivity index (χ3n) is 12.5. The summed E-state index contributed by atoms with van der Waals surface area (Å²) in [6, 6.07) is 0. The molecule has 0 spiro atoms. The molecule has 2 fully saturated rings. The predicted molar refractivity (Wildman–Crippen MR) is 157 cm³/mol. The standard InChI is InChI=1S/C34H52O7/c1-19(11-10-12-20(2)30(38)39)24-17-27(37)34(9)29-23(13-16-33(24,34)8)32(7)15-14-28(41-22(4)36)31(5,6)26(32)18-25(29)40-21(3)35/h12,19,24-28,37H,10-11,13-18H2,1-9H3,(H,38,39)/b20-12+/t19-,24+,25+,26-,27-,28-,32+,33+,34-/m0/s1. The maximum atomic E-state index is 12.5. The molecule has 0 saturated heterocycles. The average molecular weight is 573 g/mol. The molecule has 0 aromatic heterocycles. The van der Waals surface area contributed by atoms with Crippen molar-refractivity contribution in [3.8, 4) is 0 Å². The number of carbonyl (C=O) groups excluding carboxylic acids is 2. The van der Waals surface area contributed by atoms with Gasteiger partial charge in [0.15, 0.2) is 0 Å². The van der Waals surface area contributed by atoms with Gasteiger partial charge >= 0.3 is 17.9 Å². The van der Waals surface area contributed by atoms with Crippen LogP contribution >= 0.6 is 0 Å². The summed E-state index contributed by atoms with van der Waals surface area (Å²) in [5.41, 5.74) is 1.68. The molecule has 0 unspecified atom stereocenters. The molecule has 2 saturated carbocycles. The first-order chi connectivity index (χ1) is 18.9. The second-order valence-electron chi connectivity index (χ2n) is 14.9. The third kappa shape index (κ3) is 4.98. The molecule has 0 amide bonds. The summed E-state index contributed by atoms with van der Waals surface area (Å²) in [6.45, 7) is 18.1. The van der Waals surface area contributed by atoms with E-state index < -0.39 is 23.6 Å². The number of carboxylic acids is 1. The topological polar surface area (TPSA) is 110 Å². The number of carbonyl (C=O) groups is 3. The van der Waals surface area contributed by atoms with Crippen molar-refractivity contribution in [2.24, 2.45) is 39.4 Å². The highest BCUT2D eigenvalue weighted by atomic mass is 16.5. The molecular weight excluding hydrogens is 520 g/mol. The predicted octanol–water partition coefficient (Wildman–Crippen LogP) is 6.63. The number of aliphatic hydroxyl groups is 1. The molecule has 7 nitrogen and oxygen atoms in total. The Morgan fingerprint density at radius 1 is 1.00 bits per heavy atom. The van der Waals surface area contributed by atoms with Crippen LogP contribution in [0.3, 0.4) is 0 Å². The van der Waals surface area contributed by atoms with E-state index in [1.54, 1.807) is 13.0 Å². The van der Waals surface area contributed by atoms with Crippen molar-refractivity contribution >= 4 is 17.9 Å². The van der Waals surface area contributed by atoms with Crippen LogP contribution in [-0.2, 0) is 23.9 Å². The monoisotopic (exact) mass is 572 g/mol. The lowest BCUT2D eigenvalue weighted by atomic mass is 9.42. The number of ether oxygens (including phenoxy) is 2. The lowest BCUT2D eigenvalue weighted by molar-refractivity contribution is -0.173. The van der Waals surface area contributed by atoms with Crippen LogP contribution in [0.25, 0.3) is 0 Å². The van der Waals surface area contributed by atoms with E-state index in [2.05, 4.69) is 41.5 Å². The number of hydrogen-bond donors (Lipinski definition) is 2. The van der Waals surface area contributed by atoms with Crippen molar-refractivity contribution in [3.05, 3.63) is 22.8 Å². The third-order valence-corrected chi connectivity index (χ3v) is 12.5. The van der Waals surface area contributed by atoms with Crippen molar-refractivity contribution in [1.82, 2.24) is 0 Å². The molecule has 41 heavy (non-hydrogen) atoms. The second kappa shape index (κ2) is 10.8. The Kier molecular flexibility index (Phi) is 8.40. The highest BCUT2D eigenvalue weighted by Crippen LogP contribution is 2.73. The van der Waals surface area contributed by atoms with Crippen molar-refractivity contribution < 1.29 is 34.1 Å². The fourth-order valence-corrected chi connectivity index (χ4v) is 10.1. The molecule has 4 aliphatic carbocycles. The number of allylic oxidation sites excluding steroid dienone is 2. The number of rotatable bonds is 7. The van der Waals surface area contributed by atoms with E-state index >= 15 is 0 Å². The van der Waals surface area contributed by atoms with Crippen LogP contribution in [0.4, 0.5) is 0 Å². The van der Waals surface area contributed by atoms with Crippen molar-refractivity contribution in [1.29, 1.82) is 0 Å². The summed E-state index contributed by atoms with van der Waals surface area (Å²) in [7, 11) is 0. The van der Waals surface area contributed by atoms with Crippen molar-refractivity contribution in [2.45, 2.75) is 132 Å². The van der Waals surface area contributed by atoms with Gasteiger partial charge in [-0.1, -0.05) is 53.2 Å². The van der Waals surface area contributed by atoms with Crippen LogP contribution in [0.15, 0.2) is 22.8 Å². The Labute approximate surface area is 246 Å². The molecule has 9 atom stereocenters. The Bertz CT molecular complexity index is 1150. The Balaban J connectivity index is 1.76. The minimum absolute atomic E-state index is 0.140. The molecule has 7 heteroatoms. The number of aliphatic carboxylic acids is 1. The lowest BCUT2D eigenvalue weighted by Gasteiger charge is -2.63. The first-order valence-electron chi connectivity index (χ1n) is 15.6. The van der Waals surface area contributed by atoms with Crippen molar-refractivity contribution in [3.63, 3.8) is 0 Å². The van der Waals surface area contributed by atoms with E-state index in [4.69, 9.17) is 9.47 Å². The van der Waals surface area contributed by atoms with Gasteiger partial charge in [0, 0.05) is 30.3 Å². The van der Waals surface area contributed by atoms with Crippen LogP contribution in [-0.4, -0.2) is 46.4 Å².